The lowest BCUT2D eigenvalue weighted by atomic mass is 10.1. The molecular weight excluding hydrogens is 395 g/mol. The van der Waals surface area contributed by atoms with Crippen LogP contribution < -0.4 is 4.74 Å². The van der Waals surface area contributed by atoms with Crippen LogP contribution in [0.4, 0.5) is 13.2 Å². The Bertz CT molecular complexity index is 929. The molecule has 1 aliphatic rings. The minimum atomic E-state index is -3.90. The van der Waals surface area contributed by atoms with E-state index in [1.54, 1.807) is 11.3 Å². The lowest BCUT2D eigenvalue weighted by molar-refractivity contribution is -0.186. The van der Waals surface area contributed by atoms with Crippen molar-refractivity contribution in [3.05, 3.63) is 42.1 Å². The van der Waals surface area contributed by atoms with E-state index >= 15 is 0 Å². The minimum absolute atomic E-state index is 0.211. The predicted octanol–water partition coefficient (Wildman–Crippen LogP) is 3.71. The van der Waals surface area contributed by atoms with Crippen LogP contribution in [0.25, 0.3) is 11.0 Å². The molecule has 0 saturated carbocycles. The third-order valence-electron chi connectivity index (χ3n) is 4.08. The zero-order valence-corrected chi connectivity index (χ0v) is 16.1. The van der Waals surface area contributed by atoms with Crippen LogP contribution in [0, 0.1) is 0 Å². The first-order valence-corrected chi connectivity index (χ1v) is 9.92. The molecule has 0 aliphatic carbocycles. The number of aromatic nitrogens is 2. The molecule has 1 aromatic heterocycles. The number of ether oxygens (including phenoxy) is 1. The van der Waals surface area contributed by atoms with Gasteiger partial charge in [0.1, 0.15) is 5.75 Å². The Morgan fingerprint density at radius 1 is 1.39 bits per heavy atom. The molecule has 0 bridgehead atoms. The number of H-pyrrole nitrogens is 1. The van der Waals surface area contributed by atoms with Crippen LogP contribution in [0.3, 0.4) is 0 Å². The summed E-state index contributed by atoms with van der Waals surface area (Å²) in [4.78, 5) is 12.7. The molecule has 2 atom stereocenters. The number of hydrogen-bond acceptors (Lipinski definition) is 5. The maximum atomic E-state index is 13.1. The van der Waals surface area contributed by atoms with Crippen LogP contribution in [0.15, 0.2) is 47.3 Å². The Kier molecular flexibility index (Phi) is 6.09. The molecule has 1 N–H and O–H groups in total. The maximum Gasteiger partial charge on any atom is 0.427 e. The van der Waals surface area contributed by atoms with Gasteiger partial charge >= 0.3 is 6.11 Å². The van der Waals surface area contributed by atoms with E-state index in [4.69, 9.17) is 4.84 Å². The highest BCUT2D eigenvalue weighted by Gasteiger charge is 2.32. The Hall–Kier alpha value is -2.33. The van der Waals surface area contributed by atoms with Gasteiger partial charge in [0.05, 0.1) is 40.2 Å². The third kappa shape index (κ3) is 4.56. The average molecular weight is 415 g/mol. The Morgan fingerprint density at radius 2 is 2.18 bits per heavy atom. The van der Waals surface area contributed by atoms with Gasteiger partial charge in [-0.2, -0.15) is 8.78 Å². The molecule has 2 heterocycles. The van der Waals surface area contributed by atoms with E-state index in [1.165, 1.54) is 18.2 Å². The van der Waals surface area contributed by atoms with E-state index in [0.717, 1.165) is 5.57 Å². The average Bonchev–Trinajstić information content (AvgIpc) is 3.08. The molecule has 2 unspecified atom stereocenters. The van der Waals surface area contributed by atoms with Gasteiger partial charge in [-0.1, -0.05) is 6.08 Å². The lowest BCUT2D eigenvalue weighted by Gasteiger charge is -2.31. The second-order valence-corrected chi connectivity index (χ2v) is 7.56. The van der Waals surface area contributed by atoms with E-state index in [-0.39, 0.29) is 22.7 Å². The van der Waals surface area contributed by atoms with Gasteiger partial charge in [-0.3, -0.25) is 14.1 Å². The summed E-state index contributed by atoms with van der Waals surface area (Å²) in [6, 6.07) is 3.75. The monoisotopic (exact) mass is 415 g/mol. The Balaban J connectivity index is 1.78. The molecule has 1 aliphatic heterocycles. The molecule has 2 aromatic rings. The number of hydrogen-bond donors (Lipinski definition) is 1. The van der Waals surface area contributed by atoms with Gasteiger partial charge in [0.2, 0.25) is 0 Å². The number of aromatic amines is 1. The standard InChI is InChI=1S/C18H20F3N3O3S/c1-3-26-24-8-4-5-12(2)16(24)10-28(25)17-22-14-7-6-13(9-15(14)23-17)27-18(20,21)11-19/h4-9,16H,3,10-11H2,1-2H3,(H,22,23). The van der Waals surface area contributed by atoms with Crippen LogP contribution in [-0.2, 0) is 15.6 Å². The van der Waals surface area contributed by atoms with E-state index < -0.39 is 23.6 Å². The SMILES string of the molecule is CCON1C=CC=C(C)C1CS(=O)c1nc2ccc(OC(F)(F)CF)cc2[nH]1. The first-order valence-electron chi connectivity index (χ1n) is 8.60. The first kappa shape index (κ1) is 20.4. The van der Waals surface area contributed by atoms with Crippen molar-refractivity contribution in [1.29, 1.82) is 0 Å². The third-order valence-corrected chi connectivity index (χ3v) is 5.33. The normalized spacial score (nSPS) is 18.4. The molecule has 0 amide bonds. The molecule has 10 heteroatoms. The topological polar surface area (TPSA) is 67.4 Å². The maximum absolute atomic E-state index is 13.1. The second-order valence-electron chi connectivity index (χ2n) is 6.15. The number of halogens is 3. The van der Waals surface area contributed by atoms with Crippen molar-refractivity contribution in [2.45, 2.75) is 31.2 Å². The summed E-state index contributed by atoms with van der Waals surface area (Å²) in [6.07, 6.45) is 1.64. The van der Waals surface area contributed by atoms with Crippen molar-refractivity contribution in [2.24, 2.45) is 0 Å². The predicted molar refractivity (Wildman–Crippen MR) is 99.1 cm³/mol. The highest BCUT2D eigenvalue weighted by molar-refractivity contribution is 7.84. The number of benzene rings is 1. The van der Waals surface area contributed by atoms with E-state index in [2.05, 4.69) is 14.7 Å². The minimum Gasteiger partial charge on any atom is -0.431 e. The van der Waals surface area contributed by atoms with Gasteiger partial charge in [-0.05, 0) is 37.6 Å². The van der Waals surface area contributed by atoms with Crippen molar-refractivity contribution in [1.82, 2.24) is 15.0 Å². The smallest absolute Gasteiger partial charge is 0.427 e. The molecule has 152 valence electrons. The van der Waals surface area contributed by atoms with Crippen molar-refractivity contribution >= 4 is 21.8 Å². The molecule has 0 saturated heterocycles. The van der Waals surface area contributed by atoms with Crippen LogP contribution >= 0.6 is 0 Å². The molecular formula is C18H20F3N3O3S. The fourth-order valence-electron chi connectivity index (χ4n) is 2.74. The summed E-state index contributed by atoms with van der Waals surface area (Å²) in [7, 11) is -1.50. The number of allylic oxidation sites excluding steroid dienone is 2. The number of alkyl halides is 3. The zero-order chi connectivity index (χ0) is 20.3. The van der Waals surface area contributed by atoms with Crippen LogP contribution in [0.2, 0.25) is 0 Å². The summed E-state index contributed by atoms with van der Waals surface area (Å²) in [6.45, 7) is 2.32. The largest absolute Gasteiger partial charge is 0.431 e. The number of imidazole rings is 1. The summed E-state index contributed by atoms with van der Waals surface area (Å²) in [5.74, 6) is 0.0188. The van der Waals surface area contributed by atoms with Crippen LogP contribution in [-0.4, -0.2) is 50.4 Å². The number of hydroxylamine groups is 2. The molecule has 28 heavy (non-hydrogen) atoms. The van der Waals surface area contributed by atoms with Gasteiger partial charge in [0.15, 0.2) is 11.8 Å². The van der Waals surface area contributed by atoms with Crippen molar-refractivity contribution < 1.29 is 27.0 Å². The van der Waals surface area contributed by atoms with Gasteiger partial charge in [0.25, 0.3) is 0 Å². The van der Waals surface area contributed by atoms with E-state index in [0.29, 0.717) is 17.6 Å². The number of fused-ring (bicyclic) bond motifs is 1. The molecule has 3 rings (SSSR count). The summed E-state index contributed by atoms with van der Waals surface area (Å²) in [5.41, 5.74) is 1.80. The van der Waals surface area contributed by atoms with Crippen molar-refractivity contribution in [2.75, 3.05) is 19.0 Å². The summed E-state index contributed by atoms with van der Waals surface area (Å²) in [5, 5.41) is 1.86. The zero-order valence-electron chi connectivity index (χ0n) is 15.3. The summed E-state index contributed by atoms with van der Waals surface area (Å²) < 4.78 is 55.6. The molecule has 0 fully saturated rings. The Morgan fingerprint density at radius 3 is 2.89 bits per heavy atom. The Labute approximate surface area is 162 Å². The first-order chi connectivity index (χ1) is 13.3. The van der Waals surface area contributed by atoms with Crippen molar-refractivity contribution in [3.63, 3.8) is 0 Å². The molecule has 6 nitrogen and oxygen atoms in total. The fraction of sp³-hybridized carbons (Fsp3) is 0.389. The summed E-state index contributed by atoms with van der Waals surface area (Å²) >= 11 is 0. The number of rotatable bonds is 8. The van der Waals surface area contributed by atoms with Gasteiger partial charge in [-0.15, -0.1) is 0 Å². The lowest BCUT2D eigenvalue weighted by Crippen LogP contribution is -2.37. The van der Waals surface area contributed by atoms with Crippen molar-refractivity contribution in [3.8, 4) is 5.75 Å². The van der Waals surface area contributed by atoms with Crippen LogP contribution in [0.1, 0.15) is 13.8 Å². The molecule has 1 aromatic carbocycles. The fourth-order valence-corrected chi connectivity index (χ4v) is 4.02. The molecule has 0 radical (unpaired) electrons. The van der Waals surface area contributed by atoms with E-state index in [9.17, 15) is 17.4 Å². The van der Waals surface area contributed by atoms with Crippen LogP contribution in [0.5, 0.6) is 5.75 Å². The highest BCUT2D eigenvalue weighted by Crippen LogP contribution is 2.26. The second kappa shape index (κ2) is 8.36. The number of nitrogens with one attached hydrogen (secondary N) is 1. The van der Waals surface area contributed by atoms with E-state index in [1.807, 2.05) is 26.0 Å². The highest BCUT2D eigenvalue weighted by atomic mass is 32.2. The molecule has 0 spiro atoms. The van der Waals surface area contributed by atoms with Gasteiger partial charge in [-0.25, -0.2) is 9.37 Å². The quantitative estimate of drug-likeness (QED) is 0.712. The number of nitrogens with zero attached hydrogens (tertiary/aromatic N) is 2. The van der Waals surface area contributed by atoms with Gasteiger partial charge < -0.3 is 9.72 Å². The van der Waals surface area contributed by atoms with Gasteiger partial charge in [0, 0.05) is 12.3 Å².